The van der Waals surface area contributed by atoms with Crippen LogP contribution in [0.25, 0.3) is 0 Å². The summed E-state index contributed by atoms with van der Waals surface area (Å²) in [6.45, 7) is 2.15. The van der Waals surface area contributed by atoms with Crippen LogP contribution >= 0.6 is 0 Å². The van der Waals surface area contributed by atoms with E-state index in [1.807, 2.05) is 17.2 Å². The van der Waals surface area contributed by atoms with Gasteiger partial charge in [-0.25, -0.2) is 0 Å². The summed E-state index contributed by atoms with van der Waals surface area (Å²) >= 11 is 0. The Kier molecular flexibility index (Phi) is 4.88. The fourth-order valence-electron chi connectivity index (χ4n) is 3.18. The molecule has 1 atom stereocenters. The van der Waals surface area contributed by atoms with Crippen molar-refractivity contribution in [3.8, 4) is 0 Å². The zero-order chi connectivity index (χ0) is 15.2. The summed E-state index contributed by atoms with van der Waals surface area (Å²) in [6, 6.07) is 12.5. The largest absolute Gasteiger partial charge is 0.341 e. The highest BCUT2D eigenvalue weighted by Crippen LogP contribution is 2.21. The van der Waals surface area contributed by atoms with Gasteiger partial charge in [-0.15, -0.1) is 0 Å². The number of likely N-dealkylation sites (tertiary alicyclic amines) is 1. The maximum atomic E-state index is 12.4. The van der Waals surface area contributed by atoms with Crippen LogP contribution in [0.4, 0.5) is 0 Å². The van der Waals surface area contributed by atoms with Crippen molar-refractivity contribution in [2.24, 2.45) is 5.92 Å². The molecule has 0 radical (unpaired) electrons. The SMILES string of the molecule is O=C(Cn1cccn1)N1CCCC(CCc2ccccc2)C1. The molecule has 1 aliphatic rings. The van der Waals surface area contributed by atoms with Gasteiger partial charge in [-0.2, -0.15) is 5.10 Å². The van der Waals surface area contributed by atoms with Crippen LogP contribution in [0.15, 0.2) is 48.8 Å². The third-order valence-electron chi connectivity index (χ3n) is 4.41. The van der Waals surface area contributed by atoms with Gasteiger partial charge in [-0.1, -0.05) is 30.3 Å². The van der Waals surface area contributed by atoms with Gasteiger partial charge >= 0.3 is 0 Å². The Morgan fingerprint density at radius 3 is 2.86 bits per heavy atom. The molecule has 0 aliphatic carbocycles. The Labute approximate surface area is 131 Å². The molecule has 1 amide bonds. The second-order valence-corrected chi connectivity index (χ2v) is 6.08. The Hall–Kier alpha value is -2.10. The molecule has 0 N–H and O–H groups in total. The maximum Gasteiger partial charge on any atom is 0.244 e. The highest BCUT2D eigenvalue weighted by atomic mass is 16.2. The molecule has 2 heterocycles. The van der Waals surface area contributed by atoms with Gasteiger partial charge in [-0.3, -0.25) is 9.48 Å². The normalized spacial score (nSPS) is 18.4. The molecule has 0 spiro atoms. The summed E-state index contributed by atoms with van der Waals surface area (Å²) in [5.41, 5.74) is 1.39. The van der Waals surface area contributed by atoms with Crippen LogP contribution in [0, 0.1) is 5.92 Å². The molecule has 0 bridgehead atoms. The minimum atomic E-state index is 0.188. The van der Waals surface area contributed by atoms with Gasteiger partial charge in [-0.05, 0) is 43.2 Å². The number of amides is 1. The van der Waals surface area contributed by atoms with E-state index in [4.69, 9.17) is 0 Å². The minimum absolute atomic E-state index is 0.188. The van der Waals surface area contributed by atoms with E-state index in [2.05, 4.69) is 35.4 Å². The van der Waals surface area contributed by atoms with Gasteiger partial charge in [0.2, 0.25) is 5.91 Å². The first kappa shape index (κ1) is 14.8. The first-order chi connectivity index (χ1) is 10.8. The van der Waals surface area contributed by atoms with E-state index in [1.165, 1.54) is 12.0 Å². The number of benzene rings is 1. The number of rotatable bonds is 5. The topological polar surface area (TPSA) is 38.1 Å². The Morgan fingerprint density at radius 2 is 2.09 bits per heavy atom. The standard InChI is InChI=1S/C18H23N3O/c22-18(15-21-13-5-11-19-21)20-12-4-8-17(14-20)10-9-16-6-2-1-3-7-16/h1-3,5-7,11,13,17H,4,8-10,12,14-15H2. The number of carbonyl (C=O) groups is 1. The minimum Gasteiger partial charge on any atom is -0.341 e. The van der Waals surface area contributed by atoms with Gasteiger partial charge in [0.15, 0.2) is 0 Å². The van der Waals surface area contributed by atoms with Crippen LogP contribution in [0.1, 0.15) is 24.8 Å². The van der Waals surface area contributed by atoms with Crippen LogP contribution < -0.4 is 0 Å². The number of aromatic nitrogens is 2. The molecule has 1 unspecified atom stereocenters. The summed E-state index contributed by atoms with van der Waals surface area (Å²) < 4.78 is 1.70. The predicted octanol–water partition coefficient (Wildman–Crippen LogP) is 2.75. The van der Waals surface area contributed by atoms with Crippen molar-refractivity contribution in [3.05, 3.63) is 54.4 Å². The lowest BCUT2D eigenvalue weighted by molar-refractivity contribution is -0.133. The first-order valence-electron chi connectivity index (χ1n) is 8.10. The average molecular weight is 297 g/mol. The van der Waals surface area contributed by atoms with Crippen molar-refractivity contribution >= 4 is 5.91 Å². The van der Waals surface area contributed by atoms with Gasteiger partial charge in [0.25, 0.3) is 0 Å². The highest BCUT2D eigenvalue weighted by Gasteiger charge is 2.23. The van der Waals surface area contributed by atoms with Crippen LogP contribution in [0.3, 0.4) is 0 Å². The van der Waals surface area contributed by atoms with Crippen LogP contribution in [-0.4, -0.2) is 33.7 Å². The van der Waals surface area contributed by atoms with E-state index in [0.29, 0.717) is 12.5 Å². The van der Waals surface area contributed by atoms with E-state index in [9.17, 15) is 4.79 Å². The van der Waals surface area contributed by atoms with Gasteiger partial charge in [0.05, 0.1) is 0 Å². The van der Waals surface area contributed by atoms with Gasteiger partial charge in [0.1, 0.15) is 6.54 Å². The lowest BCUT2D eigenvalue weighted by atomic mass is 9.91. The number of piperidine rings is 1. The molecule has 4 heteroatoms. The van der Waals surface area contributed by atoms with Crippen LogP contribution in [0.2, 0.25) is 0 Å². The second-order valence-electron chi connectivity index (χ2n) is 6.08. The summed E-state index contributed by atoms with van der Waals surface area (Å²) in [5.74, 6) is 0.809. The Bertz CT molecular complexity index is 580. The third kappa shape index (κ3) is 3.97. The number of aryl methyl sites for hydroxylation is 1. The third-order valence-corrected chi connectivity index (χ3v) is 4.41. The number of nitrogens with zero attached hydrogens (tertiary/aromatic N) is 3. The van der Waals surface area contributed by atoms with Crippen molar-refractivity contribution < 1.29 is 4.79 Å². The fourth-order valence-corrected chi connectivity index (χ4v) is 3.18. The number of hydrogen-bond acceptors (Lipinski definition) is 2. The molecule has 2 aromatic rings. The maximum absolute atomic E-state index is 12.4. The molecule has 3 rings (SSSR count). The highest BCUT2D eigenvalue weighted by molar-refractivity contribution is 5.76. The molecular formula is C18H23N3O. The smallest absolute Gasteiger partial charge is 0.244 e. The van der Waals surface area contributed by atoms with Crippen molar-refractivity contribution in [2.75, 3.05) is 13.1 Å². The lowest BCUT2D eigenvalue weighted by Gasteiger charge is -2.33. The number of carbonyl (C=O) groups excluding carboxylic acids is 1. The monoisotopic (exact) mass is 297 g/mol. The zero-order valence-corrected chi connectivity index (χ0v) is 12.9. The molecule has 22 heavy (non-hydrogen) atoms. The molecule has 1 aliphatic heterocycles. The predicted molar refractivity (Wildman–Crippen MR) is 86.3 cm³/mol. The summed E-state index contributed by atoms with van der Waals surface area (Å²) in [6.07, 6.45) is 8.17. The van der Waals surface area contributed by atoms with Crippen LogP contribution in [-0.2, 0) is 17.8 Å². The van der Waals surface area contributed by atoms with E-state index >= 15 is 0 Å². The summed E-state index contributed by atoms with van der Waals surface area (Å²) in [5, 5.41) is 4.12. The molecule has 1 aromatic heterocycles. The van der Waals surface area contributed by atoms with Crippen molar-refractivity contribution in [2.45, 2.75) is 32.2 Å². The molecule has 1 aromatic carbocycles. The van der Waals surface area contributed by atoms with E-state index in [-0.39, 0.29) is 5.91 Å². The van der Waals surface area contributed by atoms with E-state index < -0.39 is 0 Å². The van der Waals surface area contributed by atoms with Crippen LogP contribution in [0.5, 0.6) is 0 Å². The molecular weight excluding hydrogens is 274 g/mol. The molecule has 4 nitrogen and oxygen atoms in total. The summed E-state index contributed by atoms with van der Waals surface area (Å²) in [7, 11) is 0. The van der Waals surface area contributed by atoms with Crippen molar-refractivity contribution in [1.82, 2.24) is 14.7 Å². The van der Waals surface area contributed by atoms with Gasteiger partial charge in [0, 0.05) is 25.5 Å². The van der Waals surface area contributed by atoms with Crippen molar-refractivity contribution in [1.29, 1.82) is 0 Å². The summed E-state index contributed by atoms with van der Waals surface area (Å²) in [4.78, 5) is 14.4. The van der Waals surface area contributed by atoms with E-state index in [1.54, 1.807) is 10.9 Å². The quantitative estimate of drug-likeness (QED) is 0.851. The zero-order valence-electron chi connectivity index (χ0n) is 12.9. The fraction of sp³-hybridized carbons (Fsp3) is 0.444. The van der Waals surface area contributed by atoms with E-state index in [0.717, 1.165) is 32.4 Å². The Balaban J connectivity index is 1.49. The molecule has 0 saturated carbocycles. The first-order valence-corrected chi connectivity index (χ1v) is 8.10. The van der Waals surface area contributed by atoms with Crippen molar-refractivity contribution in [3.63, 3.8) is 0 Å². The second kappa shape index (κ2) is 7.25. The Morgan fingerprint density at radius 1 is 1.23 bits per heavy atom. The van der Waals surface area contributed by atoms with Gasteiger partial charge < -0.3 is 4.90 Å². The molecule has 1 saturated heterocycles. The number of hydrogen-bond donors (Lipinski definition) is 0. The lowest BCUT2D eigenvalue weighted by Crippen LogP contribution is -2.41. The molecule has 116 valence electrons. The molecule has 1 fully saturated rings. The average Bonchev–Trinajstić information content (AvgIpc) is 3.07.